The second-order valence-electron chi connectivity index (χ2n) is 5.94. The van der Waals surface area contributed by atoms with Gasteiger partial charge in [0.15, 0.2) is 0 Å². The third kappa shape index (κ3) is 5.63. The highest BCUT2D eigenvalue weighted by Crippen LogP contribution is 2.22. The van der Waals surface area contributed by atoms with Gasteiger partial charge in [-0.2, -0.15) is 0 Å². The van der Waals surface area contributed by atoms with Crippen LogP contribution in [0, 0.1) is 5.92 Å². The van der Waals surface area contributed by atoms with Gasteiger partial charge < -0.3 is 15.5 Å². The number of amides is 2. The second kappa shape index (κ2) is 10.3. The van der Waals surface area contributed by atoms with Crippen molar-refractivity contribution in [1.29, 1.82) is 0 Å². The first kappa shape index (κ1) is 19.6. The first-order valence-electron chi connectivity index (χ1n) is 8.08. The van der Waals surface area contributed by atoms with Crippen molar-refractivity contribution in [1.82, 2.24) is 15.5 Å². The Balaban J connectivity index is 0.00000242. The standard InChI is InChI=1S/C15H27N3O2S.ClH/c1-2-3-6-14(19)18-11-21-10-13(18)15(20)17-9-12-5-4-7-16-8-12;/h12-13,16H,2-11H2,1H3,(H,17,20);1H. The van der Waals surface area contributed by atoms with Crippen LogP contribution in [0.3, 0.4) is 0 Å². The number of hydrogen-bond acceptors (Lipinski definition) is 4. The largest absolute Gasteiger partial charge is 0.354 e. The van der Waals surface area contributed by atoms with Crippen LogP contribution in [0.2, 0.25) is 0 Å². The molecule has 2 fully saturated rings. The molecule has 2 unspecified atom stereocenters. The van der Waals surface area contributed by atoms with E-state index in [1.54, 1.807) is 16.7 Å². The van der Waals surface area contributed by atoms with E-state index in [1.165, 1.54) is 12.8 Å². The van der Waals surface area contributed by atoms with Gasteiger partial charge in [0.25, 0.3) is 0 Å². The lowest BCUT2D eigenvalue weighted by Gasteiger charge is -2.26. The Morgan fingerprint density at radius 1 is 1.41 bits per heavy atom. The molecule has 2 aliphatic heterocycles. The summed E-state index contributed by atoms with van der Waals surface area (Å²) in [6.07, 6.45) is 4.83. The Bertz CT molecular complexity index is 365. The fourth-order valence-corrected chi connectivity index (χ4v) is 4.02. The maximum absolute atomic E-state index is 12.3. The van der Waals surface area contributed by atoms with Crippen LogP contribution in [-0.2, 0) is 9.59 Å². The minimum absolute atomic E-state index is 0. The van der Waals surface area contributed by atoms with Crippen molar-refractivity contribution in [2.75, 3.05) is 31.3 Å². The van der Waals surface area contributed by atoms with Gasteiger partial charge in [-0.1, -0.05) is 13.3 Å². The molecule has 0 aromatic carbocycles. The highest BCUT2D eigenvalue weighted by molar-refractivity contribution is 7.99. The molecule has 2 heterocycles. The zero-order valence-electron chi connectivity index (χ0n) is 13.3. The van der Waals surface area contributed by atoms with Crippen LogP contribution in [0.25, 0.3) is 0 Å². The zero-order chi connectivity index (χ0) is 15.1. The summed E-state index contributed by atoms with van der Waals surface area (Å²) in [7, 11) is 0. The topological polar surface area (TPSA) is 61.4 Å². The minimum Gasteiger partial charge on any atom is -0.354 e. The molecule has 5 nitrogen and oxygen atoms in total. The molecule has 0 radical (unpaired) electrons. The van der Waals surface area contributed by atoms with E-state index >= 15 is 0 Å². The molecule has 2 aliphatic rings. The number of hydrogen-bond donors (Lipinski definition) is 2. The van der Waals surface area contributed by atoms with Crippen molar-refractivity contribution in [2.45, 2.75) is 45.1 Å². The van der Waals surface area contributed by atoms with Gasteiger partial charge in [0.2, 0.25) is 11.8 Å². The molecule has 2 atom stereocenters. The van der Waals surface area contributed by atoms with E-state index in [9.17, 15) is 9.59 Å². The smallest absolute Gasteiger partial charge is 0.243 e. The lowest BCUT2D eigenvalue weighted by atomic mass is 10.00. The number of rotatable bonds is 6. The Hall–Kier alpha value is -0.460. The quantitative estimate of drug-likeness (QED) is 0.765. The molecule has 2 N–H and O–H groups in total. The first-order valence-corrected chi connectivity index (χ1v) is 9.23. The van der Waals surface area contributed by atoms with Crippen molar-refractivity contribution in [2.24, 2.45) is 5.92 Å². The molecular formula is C15H28ClN3O2S. The minimum atomic E-state index is -0.268. The molecule has 0 aromatic rings. The summed E-state index contributed by atoms with van der Waals surface area (Å²) in [5, 5.41) is 6.41. The van der Waals surface area contributed by atoms with Gasteiger partial charge in [-0.3, -0.25) is 9.59 Å². The average Bonchev–Trinajstić information content (AvgIpc) is 3.01. The summed E-state index contributed by atoms with van der Waals surface area (Å²) in [6.45, 7) is 4.88. The van der Waals surface area contributed by atoms with Crippen molar-refractivity contribution in [3.05, 3.63) is 0 Å². The van der Waals surface area contributed by atoms with E-state index in [2.05, 4.69) is 17.6 Å². The number of halogens is 1. The van der Waals surface area contributed by atoms with E-state index in [0.29, 0.717) is 18.2 Å². The summed E-state index contributed by atoms with van der Waals surface area (Å²) in [5.74, 6) is 2.07. The summed E-state index contributed by atoms with van der Waals surface area (Å²) in [6, 6.07) is -0.268. The third-order valence-electron chi connectivity index (χ3n) is 4.21. The van der Waals surface area contributed by atoms with Gasteiger partial charge in [-0.15, -0.1) is 24.2 Å². The highest BCUT2D eigenvalue weighted by Gasteiger charge is 2.34. The molecule has 0 aromatic heterocycles. The monoisotopic (exact) mass is 349 g/mol. The third-order valence-corrected chi connectivity index (χ3v) is 5.23. The van der Waals surface area contributed by atoms with Crippen molar-refractivity contribution < 1.29 is 9.59 Å². The normalized spacial score (nSPS) is 24.7. The van der Waals surface area contributed by atoms with Crippen LogP contribution in [0.4, 0.5) is 0 Å². The molecule has 2 amide bonds. The lowest BCUT2D eigenvalue weighted by molar-refractivity contribution is -0.138. The molecule has 0 spiro atoms. The number of carbonyl (C=O) groups is 2. The Morgan fingerprint density at radius 2 is 2.23 bits per heavy atom. The van der Waals surface area contributed by atoms with Gasteiger partial charge >= 0.3 is 0 Å². The molecule has 0 aliphatic carbocycles. The molecular weight excluding hydrogens is 322 g/mol. The van der Waals surface area contributed by atoms with E-state index in [4.69, 9.17) is 0 Å². The number of thioether (sulfide) groups is 1. The van der Waals surface area contributed by atoms with Gasteiger partial charge in [0, 0.05) is 18.7 Å². The summed E-state index contributed by atoms with van der Waals surface area (Å²) >= 11 is 1.67. The highest BCUT2D eigenvalue weighted by atomic mass is 35.5. The molecule has 0 bridgehead atoms. The van der Waals surface area contributed by atoms with Crippen LogP contribution in [0.5, 0.6) is 0 Å². The van der Waals surface area contributed by atoms with Crippen LogP contribution >= 0.6 is 24.2 Å². The van der Waals surface area contributed by atoms with Crippen LogP contribution in [-0.4, -0.2) is 54.0 Å². The van der Waals surface area contributed by atoms with E-state index in [1.807, 2.05) is 0 Å². The van der Waals surface area contributed by atoms with E-state index in [0.717, 1.165) is 38.2 Å². The van der Waals surface area contributed by atoms with Crippen molar-refractivity contribution in [3.63, 3.8) is 0 Å². The SMILES string of the molecule is CCCCC(=O)N1CSCC1C(=O)NCC1CCCNC1.Cl. The molecule has 2 saturated heterocycles. The maximum Gasteiger partial charge on any atom is 0.243 e. The summed E-state index contributed by atoms with van der Waals surface area (Å²) < 4.78 is 0. The molecule has 22 heavy (non-hydrogen) atoms. The Kier molecular flexibility index (Phi) is 9.21. The Morgan fingerprint density at radius 3 is 2.91 bits per heavy atom. The number of piperidine rings is 1. The van der Waals surface area contributed by atoms with Crippen molar-refractivity contribution >= 4 is 36.0 Å². The average molecular weight is 350 g/mol. The summed E-state index contributed by atoms with van der Waals surface area (Å²) in [4.78, 5) is 26.2. The maximum atomic E-state index is 12.3. The molecule has 0 saturated carbocycles. The Labute approximate surface area is 143 Å². The van der Waals surface area contributed by atoms with Gasteiger partial charge in [-0.25, -0.2) is 0 Å². The fraction of sp³-hybridized carbons (Fsp3) is 0.867. The lowest BCUT2D eigenvalue weighted by Crippen LogP contribution is -2.49. The van der Waals surface area contributed by atoms with E-state index in [-0.39, 0.29) is 30.3 Å². The van der Waals surface area contributed by atoms with Crippen LogP contribution < -0.4 is 10.6 Å². The van der Waals surface area contributed by atoms with Crippen LogP contribution in [0.1, 0.15) is 39.0 Å². The van der Waals surface area contributed by atoms with Gasteiger partial charge in [-0.05, 0) is 38.3 Å². The van der Waals surface area contributed by atoms with Gasteiger partial charge in [0.05, 0.1) is 5.88 Å². The number of nitrogens with one attached hydrogen (secondary N) is 2. The molecule has 7 heteroatoms. The summed E-state index contributed by atoms with van der Waals surface area (Å²) in [5.41, 5.74) is 0. The number of nitrogens with zero attached hydrogens (tertiary/aromatic N) is 1. The zero-order valence-corrected chi connectivity index (χ0v) is 14.9. The predicted octanol–water partition coefficient (Wildman–Crippen LogP) is 1.62. The molecule has 128 valence electrons. The number of unbranched alkanes of at least 4 members (excludes halogenated alkanes) is 1. The van der Waals surface area contributed by atoms with Crippen molar-refractivity contribution in [3.8, 4) is 0 Å². The van der Waals surface area contributed by atoms with Gasteiger partial charge in [0.1, 0.15) is 6.04 Å². The fourth-order valence-electron chi connectivity index (χ4n) is 2.84. The van der Waals surface area contributed by atoms with E-state index < -0.39 is 0 Å². The number of carbonyl (C=O) groups excluding carboxylic acids is 2. The predicted molar refractivity (Wildman–Crippen MR) is 93.3 cm³/mol. The second-order valence-corrected chi connectivity index (χ2v) is 6.94. The first-order chi connectivity index (χ1) is 10.2. The molecule has 2 rings (SSSR count). The van der Waals surface area contributed by atoms with Crippen LogP contribution in [0.15, 0.2) is 0 Å².